The SMILES string of the molecule is CCOCOCc1ccc(-c2cncc(Cl)c2N2CCC3(CCNC3=O)CC2)o1. The molecule has 4 heterocycles. The average Bonchev–Trinajstić information content (AvgIpc) is 3.34. The van der Waals surface area contributed by atoms with E-state index in [0.717, 1.165) is 50.1 Å². The molecule has 0 aliphatic carbocycles. The van der Waals surface area contributed by atoms with E-state index in [9.17, 15) is 4.79 Å². The van der Waals surface area contributed by atoms with Crippen LogP contribution in [-0.2, 0) is 20.9 Å². The molecule has 2 aromatic heterocycles. The summed E-state index contributed by atoms with van der Waals surface area (Å²) in [4.78, 5) is 18.8. The zero-order valence-electron chi connectivity index (χ0n) is 16.6. The number of anilines is 1. The van der Waals surface area contributed by atoms with E-state index in [4.69, 9.17) is 25.5 Å². The smallest absolute Gasteiger partial charge is 0.226 e. The van der Waals surface area contributed by atoms with Crippen molar-refractivity contribution in [3.05, 3.63) is 35.3 Å². The highest BCUT2D eigenvalue weighted by atomic mass is 35.5. The molecule has 156 valence electrons. The molecule has 7 nitrogen and oxygen atoms in total. The van der Waals surface area contributed by atoms with Crippen molar-refractivity contribution in [2.45, 2.75) is 32.8 Å². The molecule has 0 unspecified atom stereocenters. The largest absolute Gasteiger partial charge is 0.458 e. The number of pyridine rings is 1. The number of halogens is 1. The molecule has 2 fully saturated rings. The first-order valence-electron chi connectivity index (χ1n) is 10.0. The molecule has 1 spiro atoms. The topological polar surface area (TPSA) is 76.8 Å². The van der Waals surface area contributed by atoms with Gasteiger partial charge in [0.1, 0.15) is 24.9 Å². The lowest BCUT2D eigenvalue weighted by Gasteiger charge is -2.39. The first-order valence-corrected chi connectivity index (χ1v) is 10.4. The second kappa shape index (κ2) is 8.73. The Morgan fingerprint density at radius 3 is 2.79 bits per heavy atom. The van der Waals surface area contributed by atoms with Gasteiger partial charge in [-0.05, 0) is 38.3 Å². The fraction of sp³-hybridized carbons (Fsp3) is 0.524. The van der Waals surface area contributed by atoms with Crippen LogP contribution in [0.2, 0.25) is 5.02 Å². The number of rotatable bonds is 7. The maximum atomic E-state index is 12.3. The highest BCUT2D eigenvalue weighted by Crippen LogP contribution is 2.43. The lowest BCUT2D eigenvalue weighted by atomic mass is 9.77. The molecule has 2 aliphatic rings. The van der Waals surface area contributed by atoms with E-state index >= 15 is 0 Å². The molecular formula is C21H26ClN3O4. The van der Waals surface area contributed by atoms with E-state index in [2.05, 4.69) is 15.2 Å². The van der Waals surface area contributed by atoms with Gasteiger partial charge in [0.25, 0.3) is 0 Å². The molecule has 0 aromatic carbocycles. The Labute approximate surface area is 175 Å². The van der Waals surface area contributed by atoms with Crippen molar-refractivity contribution >= 4 is 23.2 Å². The van der Waals surface area contributed by atoms with E-state index in [-0.39, 0.29) is 18.1 Å². The van der Waals surface area contributed by atoms with Gasteiger partial charge in [0.15, 0.2) is 0 Å². The van der Waals surface area contributed by atoms with Crippen molar-refractivity contribution in [3.63, 3.8) is 0 Å². The van der Waals surface area contributed by atoms with Crippen LogP contribution in [0.15, 0.2) is 28.9 Å². The van der Waals surface area contributed by atoms with Crippen LogP contribution >= 0.6 is 11.6 Å². The molecule has 0 atom stereocenters. The molecule has 2 aromatic rings. The maximum Gasteiger partial charge on any atom is 0.226 e. The molecule has 0 bridgehead atoms. The summed E-state index contributed by atoms with van der Waals surface area (Å²) in [6.45, 7) is 5.43. The Hall–Kier alpha value is -2.09. The molecule has 2 aliphatic heterocycles. The van der Waals surface area contributed by atoms with Crippen molar-refractivity contribution in [2.24, 2.45) is 5.41 Å². The summed E-state index contributed by atoms with van der Waals surface area (Å²) >= 11 is 6.55. The third-order valence-electron chi connectivity index (χ3n) is 5.82. The van der Waals surface area contributed by atoms with Gasteiger partial charge in [0.05, 0.1) is 21.7 Å². The number of hydrogen-bond acceptors (Lipinski definition) is 6. The van der Waals surface area contributed by atoms with Crippen molar-refractivity contribution in [2.75, 3.05) is 37.9 Å². The summed E-state index contributed by atoms with van der Waals surface area (Å²) in [5.74, 6) is 1.61. The summed E-state index contributed by atoms with van der Waals surface area (Å²) in [7, 11) is 0. The second-order valence-corrected chi connectivity index (χ2v) is 7.92. The molecule has 1 amide bonds. The van der Waals surface area contributed by atoms with Crippen molar-refractivity contribution in [1.29, 1.82) is 0 Å². The zero-order chi connectivity index (χ0) is 20.3. The Balaban J connectivity index is 1.51. The minimum atomic E-state index is -0.216. The number of hydrogen-bond donors (Lipinski definition) is 1. The van der Waals surface area contributed by atoms with Gasteiger partial charge in [0.2, 0.25) is 5.91 Å². The number of nitrogens with zero attached hydrogens (tertiary/aromatic N) is 2. The lowest BCUT2D eigenvalue weighted by molar-refractivity contribution is -0.128. The highest BCUT2D eigenvalue weighted by Gasteiger charge is 2.44. The van der Waals surface area contributed by atoms with Crippen LogP contribution in [0.4, 0.5) is 5.69 Å². The van der Waals surface area contributed by atoms with Crippen molar-refractivity contribution < 1.29 is 18.7 Å². The number of piperidine rings is 1. The van der Waals surface area contributed by atoms with E-state index in [1.165, 1.54) is 0 Å². The fourth-order valence-electron chi connectivity index (χ4n) is 4.17. The Morgan fingerprint density at radius 2 is 2.07 bits per heavy atom. The van der Waals surface area contributed by atoms with Gasteiger partial charge in [-0.3, -0.25) is 9.78 Å². The zero-order valence-corrected chi connectivity index (χ0v) is 17.3. The minimum Gasteiger partial charge on any atom is -0.458 e. The normalized spacial score (nSPS) is 18.4. The molecule has 0 radical (unpaired) electrons. The monoisotopic (exact) mass is 419 g/mol. The van der Waals surface area contributed by atoms with Crippen LogP contribution in [-0.4, -0.2) is 43.9 Å². The van der Waals surface area contributed by atoms with E-state index in [0.29, 0.717) is 29.8 Å². The number of amides is 1. The fourth-order valence-corrected chi connectivity index (χ4v) is 4.44. The number of carbonyl (C=O) groups is 1. The van der Waals surface area contributed by atoms with Crippen molar-refractivity contribution in [3.8, 4) is 11.3 Å². The number of carbonyl (C=O) groups excluding carboxylic acids is 1. The van der Waals surface area contributed by atoms with Gasteiger partial charge in [0, 0.05) is 38.6 Å². The summed E-state index contributed by atoms with van der Waals surface area (Å²) < 4.78 is 16.6. The third kappa shape index (κ3) is 4.13. The first-order chi connectivity index (χ1) is 14.1. The van der Waals surface area contributed by atoms with E-state index < -0.39 is 0 Å². The van der Waals surface area contributed by atoms with E-state index in [1.54, 1.807) is 12.4 Å². The molecule has 2 saturated heterocycles. The Kier molecular flexibility index (Phi) is 6.08. The number of ether oxygens (including phenoxy) is 2. The molecule has 0 saturated carbocycles. The molecule has 4 rings (SSSR count). The van der Waals surface area contributed by atoms with Gasteiger partial charge in [-0.2, -0.15) is 0 Å². The van der Waals surface area contributed by atoms with Gasteiger partial charge in [-0.25, -0.2) is 0 Å². The highest BCUT2D eigenvalue weighted by molar-refractivity contribution is 6.33. The molecule has 8 heteroatoms. The second-order valence-electron chi connectivity index (χ2n) is 7.52. The Morgan fingerprint density at radius 1 is 1.24 bits per heavy atom. The van der Waals surface area contributed by atoms with Crippen molar-refractivity contribution in [1.82, 2.24) is 10.3 Å². The number of furan rings is 1. The summed E-state index contributed by atoms with van der Waals surface area (Å²) in [5, 5.41) is 3.56. The minimum absolute atomic E-state index is 0.195. The predicted octanol–water partition coefficient (Wildman–Crippen LogP) is 3.61. The first kappa shape index (κ1) is 20.2. The Bertz CT molecular complexity index is 861. The van der Waals surface area contributed by atoms with Crippen LogP contribution < -0.4 is 10.2 Å². The quantitative estimate of drug-likeness (QED) is 0.545. The standard InChI is InChI=1S/C21H26ClN3O4/c1-2-27-14-28-13-15-3-4-18(29-15)16-11-23-12-17(22)19(16)25-9-6-21(7-10-25)5-8-24-20(21)26/h3-4,11-12H,2,5-10,13-14H2,1H3,(H,24,26). The predicted molar refractivity (Wildman–Crippen MR) is 110 cm³/mol. The van der Waals surface area contributed by atoms with Crippen LogP contribution in [0.25, 0.3) is 11.3 Å². The number of aromatic nitrogens is 1. The van der Waals surface area contributed by atoms with Crippen LogP contribution in [0.1, 0.15) is 31.9 Å². The van der Waals surface area contributed by atoms with Crippen LogP contribution in [0, 0.1) is 5.41 Å². The average molecular weight is 420 g/mol. The van der Waals surface area contributed by atoms with Crippen LogP contribution in [0.3, 0.4) is 0 Å². The summed E-state index contributed by atoms with van der Waals surface area (Å²) in [6.07, 6.45) is 6.00. The van der Waals surface area contributed by atoms with Gasteiger partial charge in [-0.15, -0.1) is 0 Å². The summed E-state index contributed by atoms with van der Waals surface area (Å²) in [5.41, 5.74) is 1.54. The third-order valence-corrected chi connectivity index (χ3v) is 6.10. The lowest BCUT2D eigenvalue weighted by Crippen LogP contribution is -2.44. The summed E-state index contributed by atoms with van der Waals surface area (Å²) in [6, 6.07) is 3.80. The maximum absolute atomic E-state index is 12.3. The number of nitrogens with one attached hydrogen (secondary N) is 1. The van der Waals surface area contributed by atoms with Gasteiger partial charge in [-0.1, -0.05) is 11.6 Å². The van der Waals surface area contributed by atoms with Gasteiger partial charge < -0.3 is 24.1 Å². The molecule has 29 heavy (non-hydrogen) atoms. The molecular weight excluding hydrogens is 394 g/mol. The van der Waals surface area contributed by atoms with Crippen LogP contribution in [0.5, 0.6) is 0 Å². The molecule has 1 N–H and O–H groups in total. The van der Waals surface area contributed by atoms with E-state index in [1.807, 2.05) is 19.1 Å². The van der Waals surface area contributed by atoms with Gasteiger partial charge >= 0.3 is 0 Å².